The van der Waals surface area contributed by atoms with E-state index in [9.17, 15) is 19.1 Å². The van der Waals surface area contributed by atoms with Crippen molar-refractivity contribution in [2.24, 2.45) is 0 Å². The Hall–Kier alpha value is -3.17. The van der Waals surface area contributed by atoms with Crippen molar-refractivity contribution in [1.29, 1.82) is 0 Å². The highest BCUT2D eigenvalue weighted by atomic mass is 19.1. The van der Waals surface area contributed by atoms with Gasteiger partial charge < -0.3 is 30.7 Å². The number of phenols is 1. The van der Waals surface area contributed by atoms with E-state index < -0.39 is 0 Å². The highest BCUT2D eigenvalue weighted by Crippen LogP contribution is 2.39. The zero-order valence-electron chi connectivity index (χ0n) is 23.4. The first-order valence-corrected chi connectivity index (χ1v) is 14.0. The molecule has 0 fully saturated rings. The summed E-state index contributed by atoms with van der Waals surface area (Å²) in [4.78, 5) is 26.7. The molecule has 0 saturated heterocycles. The Bertz CT molecular complexity index is 1110. The number of rotatable bonds is 16. The molecule has 4 N–H and O–H groups in total. The molecule has 214 valence electrons. The molecule has 3 rings (SSSR count). The van der Waals surface area contributed by atoms with Crippen LogP contribution in [-0.2, 0) is 22.4 Å². The highest BCUT2D eigenvalue weighted by molar-refractivity contribution is 5.97. The second kappa shape index (κ2) is 15.4. The van der Waals surface area contributed by atoms with Crippen LogP contribution in [0.3, 0.4) is 0 Å². The number of unbranched alkanes of at least 4 members (excludes halogenated alkanes) is 1. The number of fused-ring (bicyclic) bond motifs is 1. The van der Waals surface area contributed by atoms with E-state index in [-0.39, 0.29) is 36.0 Å². The fourth-order valence-electron chi connectivity index (χ4n) is 4.79. The van der Waals surface area contributed by atoms with Gasteiger partial charge in [0, 0.05) is 32.1 Å². The summed E-state index contributed by atoms with van der Waals surface area (Å²) >= 11 is 0. The number of halogens is 1. The molecule has 9 heteroatoms. The molecule has 0 saturated carbocycles. The largest absolute Gasteiger partial charge is 0.506 e. The van der Waals surface area contributed by atoms with Crippen LogP contribution in [0.2, 0.25) is 0 Å². The van der Waals surface area contributed by atoms with E-state index in [1.165, 1.54) is 6.07 Å². The number of carbonyl (C=O) groups is 2. The van der Waals surface area contributed by atoms with E-state index in [0.29, 0.717) is 69.0 Å². The lowest BCUT2D eigenvalue weighted by atomic mass is 10.1. The molecule has 8 nitrogen and oxygen atoms in total. The number of aromatic hydroxyl groups is 1. The minimum atomic E-state index is -0.287. The van der Waals surface area contributed by atoms with E-state index in [1.54, 1.807) is 18.2 Å². The highest BCUT2D eigenvalue weighted by Gasteiger charge is 2.22. The van der Waals surface area contributed by atoms with Crippen molar-refractivity contribution in [3.05, 3.63) is 52.8 Å². The van der Waals surface area contributed by atoms with Crippen molar-refractivity contribution in [2.75, 3.05) is 44.6 Å². The van der Waals surface area contributed by atoms with E-state index >= 15 is 0 Å². The van der Waals surface area contributed by atoms with Gasteiger partial charge in [0.1, 0.15) is 17.3 Å². The molecule has 0 aromatic heterocycles. The SMILES string of the molecule is CCCCC(C)N(CCNCCc1ccc(O)c2c1OCC(=O)N2)C(=O)CCNCCc1cc(C)ccc1F. The van der Waals surface area contributed by atoms with E-state index in [4.69, 9.17) is 4.74 Å². The Kier molecular flexibility index (Phi) is 12.0. The van der Waals surface area contributed by atoms with Crippen LogP contribution in [-0.4, -0.2) is 67.2 Å². The summed E-state index contributed by atoms with van der Waals surface area (Å²) in [6.45, 7) is 9.24. The summed E-state index contributed by atoms with van der Waals surface area (Å²) in [5, 5.41) is 19.4. The normalized spacial score (nSPS) is 13.4. The van der Waals surface area contributed by atoms with Gasteiger partial charge in [-0.15, -0.1) is 0 Å². The minimum absolute atomic E-state index is 0.0122. The lowest BCUT2D eigenvalue weighted by Crippen LogP contribution is -2.43. The van der Waals surface area contributed by atoms with Crippen LogP contribution in [0.5, 0.6) is 11.5 Å². The van der Waals surface area contributed by atoms with Gasteiger partial charge in [0.15, 0.2) is 12.4 Å². The third-order valence-corrected chi connectivity index (χ3v) is 7.05. The van der Waals surface area contributed by atoms with Gasteiger partial charge in [0.25, 0.3) is 5.91 Å². The second-order valence-corrected chi connectivity index (χ2v) is 10.2. The Balaban J connectivity index is 1.44. The van der Waals surface area contributed by atoms with E-state index in [2.05, 4.69) is 29.8 Å². The third kappa shape index (κ3) is 9.21. The van der Waals surface area contributed by atoms with Gasteiger partial charge in [-0.3, -0.25) is 9.59 Å². The van der Waals surface area contributed by atoms with Gasteiger partial charge >= 0.3 is 0 Å². The van der Waals surface area contributed by atoms with Gasteiger partial charge in [-0.25, -0.2) is 4.39 Å². The fraction of sp³-hybridized carbons (Fsp3) is 0.533. The summed E-state index contributed by atoms with van der Waals surface area (Å²) in [5.74, 6) is 0.143. The monoisotopic (exact) mass is 542 g/mol. The summed E-state index contributed by atoms with van der Waals surface area (Å²) in [6, 6.07) is 8.66. The van der Waals surface area contributed by atoms with Crippen LogP contribution >= 0.6 is 0 Å². The molecule has 2 aromatic carbocycles. The summed E-state index contributed by atoms with van der Waals surface area (Å²) < 4.78 is 19.5. The smallest absolute Gasteiger partial charge is 0.262 e. The number of phenolic OH excluding ortho intramolecular Hbond substituents is 1. The number of nitrogens with zero attached hydrogens (tertiary/aromatic N) is 1. The molecule has 39 heavy (non-hydrogen) atoms. The maximum atomic E-state index is 14.0. The summed E-state index contributed by atoms with van der Waals surface area (Å²) in [7, 11) is 0. The average Bonchev–Trinajstić information content (AvgIpc) is 2.92. The minimum Gasteiger partial charge on any atom is -0.506 e. The number of ether oxygens (including phenoxy) is 1. The van der Waals surface area contributed by atoms with Crippen molar-refractivity contribution in [3.8, 4) is 11.5 Å². The van der Waals surface area contributed by atoms with E-state index in [1.807, 2.05) is 17.9 Å². The van der Waals surface area contributed by atoms with Gasteiger partial charge in [0.2, 0.25) is 5.91 Å². The Morgan fingerprint density at radius 1 is 1.13 bits per heavy atom. The van der Waals surface area contributed by atoms with Gasteiger partial charge in [-0.1, -0.05) is 43.5 Å². The number of carbonyl (C=O) groups excluding carboxylic acids is 2. The predicted molar refractivity (Wildman–Crippen MR) is 152 cm³/mol. The van der Waals surface area contributed by atoms with Crippen LogP contribution in [0.25, 0.3) is 0 Å². The number of hydrogen-bond acceptors (Lipinski definition) is 6. The first-order chi connectivity index (χ1) is 18.8. The molecule has 0 radical (unpaired) electrons. The van der Waals surface area contributed by atoms with Crippen LogP contribution in [0.1, 0.15) is 56.2 Å². The van der Waals surface area contributed by atoms with Crippen LogP contribution in [0.4, 0.5) is 10.1 Å². The van der Waals surface area contributed by atoms with Crippen molar-refractivity contribution < 1.29 is 23.8 Å². The number of nitrogens with one attached hydrogen (secondary N) is 3. The second-order valence-electron chi connectivity index (χ2n) is 10.2. The first kappa shape index (κ1) is 30.4. The molecule has 2 aromatic rings. The molecular formula is C30H43FN4O4. The maximum Gasteiger partial charge on any atom is 0.262 e. The first-order valence-electron chi connectivity index (χ1n) is 14.0. The van der Waals surface area contributed by atoms with Crippen molar-refractivity contribution in [2.45, 2.75) is 65.3 Å². The van der Waals surface area contributed by atoms with Crippen molar-refractivity contribution in [3.63, 3.8) is 0 Å². The molecular weight excluding hydrogens is 499 g/mol. The quantitative estimate of drug-likeness (QED) is 0.189. The summed E-state index contributed by atoms with van der Waals surface area (Å²) in [6.07, 6.45) is 4.76. The van der Waals surface area contributed by atoms with Crippen molar-refractivity contribution in [1.82, 2.24) is 15.5 Å². The Morgan fingerprint density at radius 2 is 1.87 bits per heavy atom. The number of aryl methyl sites for hydroxylation is 1. The molecule has 2 amide bonds. The van der Waals surface area contributed by atoms with Crippen LogP contribution in [0, 0.1) is 12.7 Å². The molecule has 0 bridgehead atoms. The van der Waals surface area contributed by atoms with Gasteiger partial charge in [-0.05, 0) is 69.5 Å². The maximum absolute atomic E-state index is 14.0. The number of anilines is 1. The number of benzene rings is 2. The standard InChI is InChI=1S/C30H43FN4O4/c1-4-5-6-22(3)35(28(38)13-16-32-15-12-24-19-21(2)7-9-25(24)31)18-17-33-14-11-23-8-10-26(36)29-30(23)39-20-27(37)34-29/h7-10,19,22,32-33,36H,4-6,11-18,20H2,1-3H3,(H,34,37). The van der Waals surface area contributed by atoms with Gasteiger partial charge in [0.05, 0.1) is 0 Å². The van der Waals surface area contributed by atoms with Gasteiger partial charge in [-0.2, -0.15) is 0 Å². The Morgan fingerprint density at radius 3 is 2.64 bits per heavy atom. The molecule has 0 aliphatic carbocycles. The third-order valence-electron chi connectivity index (χ3n) is 7.05. The number of hydrogen-bond donors (Lipinski definition) is 4. The molecule has 1 aliphatic rings. The van der Waals surface area contributed by atoms with Crippen LogP contribution in [0.15, 0.2) is 30.3 Å². The molecule has 1 heterocycles. The predicted octanol–water partition coefficient (Wildman–Crippen LogP) is 3.93. The lowest BCUT2D eigenvalue weighted by molar-refractivity contribution is -0.133. The molecule has 1 unspecified atom stereocenters. The number of amides is 2. The molecule has 0 spiro atoms. The van der Waals surface area contributed by atoms with Crippen molar-refractivity contribution >= 4 is 17.5 Å². The molecule has 1 atom stereocenters. The topological polar surface area (TPSA) is 103 Å². The zero-order chi connectivity index (χ0) is 28.2. The average molecular weight is 543 g/mol. The fourth-order valence-corrected chi connectivity index (χ4v) is 4.79. The zero-order valence-corrected chi connectivity index (χ0v) is 23.4. The Labute approximate surface area is 231 Å². The summed E-state index contributed by atoms with van der Waals surface area (Å²) in [5.41, 5.74) is 2.95. The van der Waals surface area contributed by atoms with Crippen LogP contribution < -0.4 is 20.7 Å². The molecule has 1 aliphatic heterocycles. The van der Waals surface area contributed by atoms with E-state index in [0.717, 1.165) is 30.4 Å². The lowest BCUT2D eigenvalue weighted by Gasteiger charge is -2.30.